The normalized spacial score (nSPS) is 19.2. The molecule has 5 nitrogen and oxygen atoms in total. The predicted molar refractivity (Wildman–Crippen MR) is 84.2 cm³/mol. The van der Waals surface area contributed by atoms with Crippen LogP contribution in [0.1, 0.15) is 25.7 Å². The molecule has 1 saturated heterocycles. The van der Waals surface area contributed by atoms with Crippen LogP contribution < -0.4 is 5.32 Å². The second-order valence-electron chi connectivity index (χ2n) is 5.25. The van der Waals surface area contributed by atoms with Gasteiger partial charge < -0.3 is 10.4 Å². The summed E-state index contributed by atoms with van der Waals surface area (Å²) in [7, 11) is 0. The molecule has 1 atom stereocenters. The van der Waals surface area contributed by atoms with Gasteiger partial charge in [-0.2, -0.15) is 0 Å². The van der Waals surface area contributed by atoms with Gasteiger partial charge in [0.2, 0.25) is 5.91 Å². The first-order chi connectivity index (χ1) is 10.1. The molecule has 1 unspecified atom stereocenters. The van der Waals surface area contributed by atoms with Crippen molar-refractivity contribution in [1.29, 1.82) is 0 Å². The van der Waals surface area contributed by atoms with Crippen LogP contribution in [0.5, 0.6) is 0 Å². The largest absolute Gasteiger partial charge is 0.481 e. The van der Waals surface area contributed by atoms with Crippen LogP contribution in [0.25, 0.3) is 0 Å². The number of nitrogens with one attached hydrogen (secondary N) is 1. The van der Waals surface area contributed by atoms with Gasteiger partial charge in [-0.05, 0) is 47.4 Å². The molecule has 1 aliphatic rings. The summed E-state index contributed by atoms with van der Waals surface area (Å²) in [5.74, 6) is -0.919. The molecule has 0 aromatic heterocycles. The second kappa shape index (κ2) is 7.56. The molecular formula is C15H19BrN2O3. The van der Waals surface area contributed by atoms with Crippen molar-refractivity contribution in [3.63, 3.8) is 0 Å². The molecule has 114 valence electrons. The number of nitrogens with zero attached hydrogens (tertiary/aromatic N) is 1. The standard InChI is InChI=1S/C15H19BrN2O3/c16-12-6-1-2-7-13(12)17-14(19)10-18-8-4-3-5-11(18)9-15(20)21/h1-2,6-7,11H,3-5,8-10H2,(H,17,19)(H,20,21). The monoisotopic (exact) mass is 354 g/mol. The van der Waals surface area contributed by atoms with E-state index in [9.17, 15) is 9.59 Å². The van der Waals surface area contributed by atoms with Crippen molar-refractivity contribution in [3.8, 4) is 0 Å². The lowest BCUT2D eigenvalue weighted by molar-refractivity contribution is -0.139. The van der Waals surface area contributed by atoms with Gasteiger partial charge in [0.05, 0.1) is 18.7 Å². The number of likely N-dealkylation sites (tertiary alicyclic amines) is 1. The fourth-order valence-corrected chi connectivity index (χ4v) is 3.02. The Morgan fingerprint density at radius 3 is 2.81 bits per heavy atom. The molecule has 2 N–H and O–H groups in total. The van der Waals surface area contributed by atoms with Crippen LogP contribution >= 0.6 is 15.9 Å². The van der Waals surface area contributed by atoms with Crippen LogP contribution in [0, 0.1) is 0 Å². The zero-order valence-electron chi connectivity index (χ0n) is 11.7. The van der Waals surface area contributed by atoms with Crippen molar-refractivity contribution < 1.29 is 14.7 Å². The third-order valence-electron chi connectivity index (χ3n) is 3.65. The van der Waals surface area contributed by atoms with Crippen molar-refractivity contribution in [2.45, 2.75) is 31.7 Å². The first-order valence-electron chi connectivity index (χ1n) is 7.06. The van der Waals surface area contributed by atoms with Gasteiger partial charge in [0, 0.05) is 10.5 Å². The number of hydrogen-bond donors (Lipinski definition) is 2. The number of piperidine rings is 1. The van der Waals surface area contributed by atoms with E-state index in [1.165, 1.54) is 0 Å². The van der Waals surface area contributed by atoms with Crippen molar-refractivity contribution in [2.75, 3.05) is 18.4 Å². The summed E-state index contributed by atoms with van der Waals surface area (Å²) < 4.78 is 0.832. The molecule has 1 fully saturated rings. The fourth-order valence-electron chi connectivity index (χ4n) is 2.64. The number of carbonyl (C=O) groups excluding carboxylic acids is 1. The number of aliphatic carboxylic acids is 1. The summed E-state index contributed by atoms with van der Waals surface area (Å²) in [6.45, 7) is 1.01. The van der Waals surface area contributed by atoms with E-state index in [1.54, 1.807) is 0 Å². The Bertz CT molecular complexity index is 521. The number of carbonyl (C=O) groups is 2. The zero-order chi connectivity index (χ0) is 15.2. The van der Waals surface area contributed by atoms with Gasteiger partial charge in [-0.1, -0.05) is 18.6 Å². The molecule has 0 spiro atoms. The highest BCUT2D eigenvalue weighted by Crippen LogP contribution is 2.22. The van der Waals surface area contributed by atoms with E-state index in [1.807, 2.05) is 29.2 Å². The summed E-state index contributed by atoms with van der Waals surface area (Å²) in [4.78, 5) is 25.0. The van der Waals surface area contributed by atoms with Gasteiger partial charge in [-0.25, -0.2) is 0 Å². The third-order valence-corrected chi connectivity index (χ3v) is 4.35. The van der Waals surface area contributed by atoms with Crippen molar-refractivity contribution in [1.82, 2.24) is 4.90 Å². The summed E-state index contributed by atoms with van der Waals surface area (Å²) in [6, 6.07) is 7.39. The Balaban J connectivity index is 1.94. The topological polar surface area (TPSA) is 69.6 Å². The highest BCUT2D eigenvalue weighted by molar-refractivity contribution is 9.10. The number of anilines is 1. The minimum atomic E-state index is -0.807. The number of rotatable bonds is 5. The molecule has 6 heteroatoms. The number of amides is 1. The summed E-state index contributed by atoms with van der Waals surface area (Å²) in [5.41, 5.74) is 0.731. The number of benzene rings is 1. The third kappa shape index (κ3) is 4.82. The molecule has 0 bridgehead atoms. The average Bonchev–Trinajstić information content (AvgIpc) is 2.43. The Morgan fingerprint density at radius 2 is 2.10 bits per heavy atom. The van der Waals surface area contributed by atoms with E-state index in [0.717, 1.165) is 36.0 Å². The number of hydrogen-bond acceptors (Lipinski definition) is 3. The maximum Gasteiger partial charge on any atom is 0.304 e. The van der Waals surface area contributed by atoms with E-state index in [-0.39, 0.29) is 24.9 Å². The highest BCUT2D eigenvalue weighted by atomic mass is 79.9. The van der Waals surface area contributed by atoms with Crippen LogP contribution in [0.15, 0.2) is 28.7 Å². The number of carboxylic acids is 1. The van der Waals surface area contributed by atoms with Gasteiger partial charge in [0.25, 0.3) is 0 Å². The Hall–Kier alpha value is -1.40. The molecule has 1 aromatic rings. The SMILES string of the molecule is O=C(O)CC1CCCCN1CC(=O)Nc1ccccc1Br. The predicted octanol–water partition coefficient (Wildman–Crippen LogP) is 2.72. The van der Waals surface area contributed by atoms with Gasteiger partial charge in [-0.3, -0.25) is 14.5 Å². The number of carboxylic acid groups (broad SMARTS) is 1. The average molecular weight is 355 g/mol. The maximum absolute atomic E-state index is 12.1. The van der Waals surface area contributed by atoms with Gasteiger partial charge in [0.1, 0.15) is 0 Å². The van der Waals surface area contributed by atoms with Gasteiger partial charge in [0.15, 0.2) is 0 Å². The van der Waals surface area contributed by atoms with Gasteiger partial charge >= 0.3 is 5.97 Å². The maximum atomic E-state index is 12.1. The molecule has 0 saturated carbocycles. The molecule has 0 radical (unpaired) electrons. The lowest BCUT2D eigenvalue weighted by Crippen LogP contribution is -2.44. The summed E-state index contributed by atoms with van der Waals surface area (Å²) in [6.07, 6.45) is 2.98. The molecule has 0 aliphatic carbocycles. The molecule has 21 heavy (non-hydrogen) atoms. The van der Waals surface area contributed by atoms with E-state index >= 15 is 0 Å². The number of halogens is 1. The van der Waals surface area contributed by atoms with Crippen LogP contribution in [0.2, 0.25) is 0 Å². The first-order valence-corrected chi connectivity index (χ1v) is 7.86. The highest BCUT2D eigenvalue weighted by Gasteiger charge is 2.26. The van der Waals surface area contributed by atoms with Crippen LogP contribution in [0.3, 0.4) is 0 Å². The Morgan fingerprint density at radius 1 is 1.33 bits per heavy atom. The van der Waals surface area contributed by atoms with E-state index in [2.05, 4.69) is 21.2 Å². The molecule has 1 heterocycles. The second-order valence-corrected chi connectivity index (χ2v) is 6.10. The fraction of sp³-hybridized carbons (Fsp3) is 0.467. The zero-order valence-corrected chi connectivity index (χ0v) is 13.3. The van der Waals surface area contributed by atoms with E-state index in [4.69, 9.17) is 5.11 Å². The summed E-state index contributed by atoms with van der Waals surface area (Å²) in [5, 5.41) is 11.8. The van der Waals surface area contributed by atoms with E-state index < -0.39 is 5.97 Å². The lowest BCUT2D eigenvalue weighted by Gasteiger charge is -2.34. The Kier molecular flexibility index (Phi) is 5.76. The quantitative estimate of drug-likeness (QED) is 0.852. The van der Waals surface area contributed by atoms with Crippen molar-refractivity contribution >= 4 is 33.5 Å². The summed E-state index contributed by atoms with van der Waals surface area (Å²) >= 11 is 3.39. The molecule has 1 aliphatic heterocycles. The molecule has 2 rings (SSSR count). The molecule has 1 aromatic carbocycles. The molecular weight excluding hydrogens is 336 g/mol. The molecule has 1 amide bonds. The van der Waals surface area contributed by atoms with Crippen LogP contribution in [-0.2, 0) is 9.59 Å². The minimum absolute atomic E-state index is 0.0405. The van der Waals surface area contributed by atoms with E-state index in [0.29, 0.717) is 0 Å². The lowest BCUT2D eigenvalue weighted by atomic mass is 9.99. The first kappa shape index (κ1) is 16.0. The van der Waals surface area contributed by atoms with Crippen LogP contribution in [0.4, 0.5) is 5.69 Å². The van der Waals surface area contributed by atoms with Crippen molar-refractivity contribution in [2.24, 2.45) is 0 Å². The smallest absolute Gasteiger partial charge is 0.304 e. The van der Waals surface area contributed by atoms with Crippen molar-refractivity contribution in [3.05, 3.63) is 28.7 Å². The minimum Gasteiger partial charge on any atom is -0.481 e. The number of para-hydroxylation sites is 1. The Labute approximate surface area is 132 Å². The van der Waals surface area contributed by atoms with Crippen LogP contribution in [-0.4, -0.2) is 41.0 Å². The van der Waals surface area contributed by atoms with Gasteiger partial charge in [-0.15, -0.1) is 0 Å².